The first-order valence-electron chi connectivity index (χ1n) is 12.9. The normalized spacial score (nSPS) is 30.0. The van der Waals surface area contributed by atoms with E-state index in [0.717, 1.165) is 38.2 Å². The highest BCUT2D eigenvalue weighted by atomic mass is 19.4. The first-order chi connectivity index (χ1) is 16.7. The van der Waals surface area contributed by atoms with Crippen LogP contribution in [0.4, 0.5) is 24.5 Å². The molecule has 1 aromatic rings. The zero-order chi connectivity index (χ0) is 24.8. The number of likely N-dealkylation sites (tertiary alicyclic amines) is 1. The molecule has 1 atom stereocenters. The monoisotopic (exact) mass is 493 g/mol. The fourth-order valence-corrected chi connectivity index (χ4v) is 6.31. The molecule has 2 heterocycles. The highest BCUT2D eigenvalue weighted by Crippen LogP contribution is 2.46. The Hall–Kier alpha value is -2.29. The first kappa shape index (κ1) is 24.4. The molecule has 0 unspecified atom stereocenters. The van der Waals surface area contributed by atoms with Crippen LogP contribution in [0.2, 0.25) is 0 Å². The maximum absolute atomic E-state index is 14.1. The third-order valence-corrected chi connectivity index (χ3v) is 8.62. The van der Waals surface area contributed by atoms with Crippen LogP contribution in [0.5, 0.6) is 0 Å². The molecule has 2 saturated carbocycles. The van der Waals surface area contributed by atoms with Gasteiger partial charge in [-0.2, -0.15) is 13.2 Å². The van der Waals surface area contributed by atoms with Crippen molar-refractivity contribution in [2.75, 3.05) is 29.9 Å². The molecular formula is C26H34F3N3O3. The minimum atomic E-state index is -4.58. The average Bonchev–Trinajstić information content (AvgIpc) is 3.08. The number of benzene rings is 1. The summed E-state index contributed by atoms with van der Waals surface area (Å²) in [7, 11) is 0. The van der Waals surface area contributed by atoms with Gasteiger partial charge in [-0.05, 0) is 76.0 Å². The first-order valence-corrected chi connectivity index (χ1v) is 12.9. The smallest absolute Gasteiger partial charge is 0.393 e. The number of rotatable bonds is 4. The molecule has 6 nitrogen and oxygen atoms in total. The van der Waals surface area contributed by atoms with Crippen LogP contribution in [0.15, 0.2) is 18.2 Å². The molecule has 2 amide bonds. The van der Waals surface area contributed by atoms with Gasteiger partial charge in [-0.15, -0.1) is 0 Å². The summed E-state index contributed by atoms with van der Waals surface area (Å²) in [6, 6.07) is 4.13. The molecule has 35 heavy (non-hydrogen) atoms. The number of piperidine rings is 1. The van der Waals surface area contributed by atoms with E-state index in [2.05, 4.69) is 5.32 Å². The Morgan fingerprint density at radius 3 is 2.43 bits per heavy atom. The second-order valence-electron chi connectivity index (χ2n) is 10.9. The number of amides is 2. The van der Waals surface area contributed by atoms with Crippen molar-refractivity contribution in [2.24, 2.45) is 11.3 Å². The quantitative estimate of drug-likeness (QED) is 0.645. The summed E-state index contributed by atoms with van der Waals surface area (Å²) in [5.41, 5.74) is -1.20. The largest absolute Gasteiger partial charge is 0.418 e. The molecular weight excluding hydrogens is 459 g/mol. The van der Waals surface area contributed by atoms with E-state index in [4.69, 9.17) is 0 Å². The van der Waals surface area contributed by atoms with E-state index in [1.165, 1.54) is 6.07 Å². The van der Waals surface area contributed by atoms with Gasteiger partial charge in [0.15, 0.2) is 0 Å². The van der Waals surface area contributed by atoms with Gasteiger partial charge >= 0.3 is 6.18 Å². The topological polar surface area (TPSA) is 72.9 Å². The Morgan fingerprint density at radius 2 is 1.77 bits per heavy atom. The lowest BCUT2D eigenvalue weighted by Crippen LogP contribution is -2.50. The molecule has 0 radical (unpaired) electrons. The Morgan fingerprint density at radius 1 is 1.03 bits per heavy atom. The van der Waals surface area contributed by atoms with Crippen molar-refractivity contribution in [3.05, 3.63) is 23.8 Å². The number of carbonyl (C=O) groups excluding carboxylic acids is 2. The molecule has 0 bridgehead atoms. The number of anilines is 2. The van der Waals surface area contributed by atoms with Crippen LogP contribution in [0.25, 0.3) is 0 Å². The minimum absolute atomic E-state index is 0.0570. The third kappa shape index (κ3) is 4.76. The highest BCUT2D eigenvalue weighted by molar-refractivity contribution is 5.93. The van der Waals surface area contributed by atoms with Gasteiger partial charge in [0.05, 0.1) is 17.1 Å². The summed E-state index contributed by atoms with van der Waals surface area (Å²) in [6.45, 7) is 1.36. The Labute approximate surface area is 203 Å². The van der Waals surface area contributed by atoms with Gasteiger partial charge < -0.3 is 20.2 Å². The molecule has 192 valence electrons. The van der Waals surface area contributed by atoms with Gasteiger partial charge in [-0.25, -0.2) is 0 Å². The summed E-state index contributed by atoms with van der Waals surface area (Å²) in [5, 5.41) is 12.5. The van der Waals surface area contributed by atoms with E-state index >= 15 is 0 Å². The second kappa shape index (κ2) is 9.30. The summed E-state index contributed by atoms with van der Waals surface area (Å²) in [5.74, 6) is -0.280. The van der Waals surface area contributed by atoms with Crippen LogP contribution in [0.3, 0.4) is 0 Å². The molecule has 0 aromatic heterocycles. The molecule has 2 aliphatic carbocycles. The van der Waals surface area contributed by atoms with E-state index < -0.39 is 17.2 Å². The lowest BCUT2D eigenvalue weighted by atomic mass is 9.78. The van der Waals surface area contributed by atoms with Gasteiger partial charge in [0, 0.05) is 43.0 Å². The number of nitrogens with one attached hydrogen (secondary N) is 1. The van der Waals surface area contributed by atoms with Crippen LogP contribution in [0.1, 0.15) is 69.8 Å². The van der Waals surface area contributed by atoms with E-state index in [1.54, 1.807) is 11.0 Å². The number of hydrogen-bond acceptors (Lipinski definition) is 4. The van der Waals surface area contributed by atoms with E-state index in [9.17, 15) is 27.9 Å². The standard InChI is InChI=1S/C26H34F3N3O3/c27-26(28,29)21-15-18(30-23(34)17-3-1-4-17)5-10-22(21)31-13-2-11-25(16-31)12-14-32(24(25)35)19-6-8-20(33)9-7-19/h5,10,15,17,19-20,33H,1-4,6-9,11-14,16H2,(H,30,34)/t19-,20-,25-/m0/s1. The van der Waals surface area contributed by atoms with Crippen LogP contribution in [-0.4, -0.2) is 53.6 Å². The summed E-state index contributed by atoms with van der Waals surface area (Å²) >= 11 is 0. The van der Waals surface area contributed by atoms with E-state index in [1.807, 2.05) is 4.90 Å². The number of carbonyl (C=O) groups is 2. The van der Waals surface area contributed by atoms with Crippen molar-refractivity contribution in [1.82, 2.24) is 4.90 Å². The van der Waals surface area contributed by atoms with Gasteiger partial charge in [-0.1, -0.05) is 6.42 Å². The van der Waals surface area contributed by atoms with Crippen molar-refractivity contribution in [1.29, 1.82) is 0 Å². The van der Waals surface area contributed by atoms with Crippen molar-refractivity contribution in [3.63, 3.8) is 0 Å². The van der Waals surface area contributed by atoms with Gasteiger partial charge in [0.2, 0.25) is 11.8 Å². The lowest BCUT2D eigenvalue weighted by Gasteiger charge is -2.42. The van der Waals surface area contributed by atoms with Crippen molar-refractivity contribution >= 4 is 23.2 Å². The number of hydrogen-bond donors (Lipinski definition) is 2. The Bertz CT molecular complexity index is 972. The summed E-state index contributed by atoms with van der Waals surface area (Å²) in [4.78, 5) is 29.5. The number of alkyl halides is 3. The van der Waals surface area contributed by atoms with Gasteiger partial charge in [0.25, 0.3) is 0 Å². The molecule has 4 aliphatic rings. The van der Waals surface area contributed by atoms with E-state index in [0.29, 0.717) is 45.2 Å². The molecule has 9 heteroatoms. The van der Waals surface area contributed by atoms with Crippen molar-refractivity contribution < 1.29 is 27.9 Å². The minimum Gasteiger partial charge on any atom is -0.393 e. The third-order valence-electron chi connectivity index (χ3n) is 8.62. The van der Waals surface area contributed by atoms with Crippen LogP contribution < -0.4 is 10.2 Å². The fraction of sp³-hybridized carbons (Fsp3) is 0.692. The molecule has 5 rings (SSSR count). The zero-order valence-electron chi connectivity index (χ0n) is 19.9. The highest BCUT2D eigenvalue weighted by Gasteiger charge is 2.51. The van der Waals surface area contributed by atoms with Crippen molar-refractivity contribution in [2.45, 2.75) is 82.5 Å². The Balaban J connectivity index is 1.35. The summed E-state index contributed by atoms with van der Waals surface area (Å²) < 4.78 is 42.3. The lowest BCUT2D eigenvalue weighted by molar-refractivity contribution is -0.139. The average molecular weight is 494 g/mol. The molecule has 2 aliphatic heterocycles. The molecule has 1 spiro atoms. The second-order valence-corrected chi connectivity index (χ2v) is 10.9. The van der Waals surface area contributed by atoms with Gasteiger partial charge in [0.1, 0.15) is 0 Å². The number of aliphatic hydroxyl groups excluding tert-OH is 1. The zero-order valence-corrected chi connectivity index (χ0v) is 19.9. The number of halogens is 3. The van der Waals surface area contributed by atoms with Gasteiger partial charge in [-0.3, -0.25) is 9.59 Å². The Kier molecular flexibility index (Phi) is 6.48. The maximum Gasteiger partial charge on any atom is 0.418 e. The number of aliphatic hydroxyl groups is 1. The number of nitrogens with zero attached hydrogens (tertiary/aromatic N) is 2. The van der Waals surface area contributed by atoms with Crippen molar-refractivity contribution in [3.8, 4) is 0 Å². The van der Waals surface area contributed by atoms with Crippen LogP contribution in [-0.2, 0) is 15.8 Å². The predicted octanol–water partition coefficient (Wildman–Crippen LogP) is 4.57. The maximum atomic E-state index is 14.1. The summed E-state index contributed by atoms with van der Waals surface area (Å²) in [6.07, 6.45) is 2.56. The molecule has 1 aromatic carbocycles. The van der Waals surface area contributed by atoms with Crippen LogP contribution in [0, 0.1) is 11.3 Å². The SMILES string of the molecule is O=C(Nc1ccc(N2CCC[C@]3(CCN([C@H]4CC[C@H](O)CC4)C3=O)C2)c(C(F)(F)F)c1)C1CCC1. The molecule has 2 saturated heterocycles. The predicted molar refractivity (Wildman–Crippen MR) is 126 cm³/mol. The molecule has 2 N–H and O–H groups in total. The fourth-order valence-electron chi connectivity index (χ4n) is 6.31. The van der Waals surface area contributed by atoms with Crippen LogP contribution >= 0.6 is 0 Å². The molecule has 4 fully saturated rings. The van der Waals surface area contributed by atoms with E-state index in [-0.39, 0.29) is 47.8 Å².